The lowest BCUT2D eigenvalue weighted by Gasteiger charge is -2.26. The van der Waals surface area contributed by atoms with Crippen LogP contribution in [0.25, 0.3) is 0 Å². The van der Waals surface area contributed by atoms with Gasteiger partial charge in [-0.25, -0.2) is 21.6 Å². The Bertz CT molecular complexity index is 1280. The lowest BCUT2D eigenvalue weighted by atomic mass is 10.1. The van der Waals surface area contributed by atoms with Crippen molar-refractivity contribution in [1.82, 2.24) is 9.03 Å². The van der Waals surface area contributed by atoms with Crippen LogP contribution in [0.2, 0.25) is 0 Å². The first kappa shape index (κ1) is 22.5. The second-order valence-electron chi connectivity index (χ2n) is 8.43. The molecule has 2 aromatic rings. The third-order valence-electron chi connectivity index (χ3n) is 6.11. The lowest BCUT2D eigenvalue weighted by molar-refractivity contribution is 0.0730. The highest BCUT2D eigenvalue weighted by molar-refractivity contribution is 7.89. The van der Waals surface area contributed by atoms with Crippen LogP contribution in [0.15, 0.2) is 52.3 Å². The first-order chi connectivity index (χ1) is 15.8. The van der Waals surface area contributed by atoms with Crippen LogP contribution in [-0.4, -0.2) is 65.9 Å². The maximum Gasteiger partial charge on any atom is 0.258 e. The molecule has 9 nitrogen and oxygen atoms in total. The molecule has 5 rings (SSSR count). The van der Waals surface area contributed by atoms with Gasteiger partial charge in [-0.1, -0.05) is 0 Å². The van der Waals surface area contributed by atoms with Crippen LogP contribution in [0.1, 0.15) is 28.8 Å². The average Bonchev–Trinajstić information content (AvgIpc) is 3.53. The molecule has 0 aromatic heterocycles. The Morgan fingerprint density at radius 2 is 1.58 bits per heavy atom. The van der Waals surface area contributed by atoms with Gasteiger partial charge < -0.3 is 9.64 Å². The van der Waals surface area contributed by atoms with Gasteiger partial charge in [-0.2, -0.15) is 4.31 Å². The number of hydrogen-bond donors (Lipinski definition) is 1. The third-order valence-corrected chi connectivity index (χ3v) is 9.54. The summed E-state index contributed by atoms with van der Waals surface area (Å²) in [5, 5.41) is 0. The quantitative estimate of drug-likeness (QED) is 0.653. The SMILES string of the molecule is O=C(c1ccc(S(=O)(=O)NC2CC2)cc1)N1CCc2cc(S(=O)(=O)N3CCOCC3)ccc21. The van der Waals surface area contributed by atoms with E-state index in [1.165, 1.54) is 34.6 Å². The molecule has 0 unspecified atom stereocenters. The molecule has 1 amide bonds. The molecule has 176 valence electrons. The first-order valence-corrected chi connectivity index (χ1v) is 13.8. The molecule has 1 N–H and O–H groups in total. The van der Waals surface area contributed by atoms with Crippen LogP contribution in [0, 0.1) is 0 Å². The zero-order valence-corrected chi connectivity index (χ0v) is 19.6. The van der Waals surface area contributed by atoms with Crippen LogP contribution in [0.3, 0.4) is 0 Å². The summed E-state index contributed by atoms with van der Waals surface area (Å²) >= 11 is 0. The van der Waals surface area contributed by atoms with E-state index in [-0.39, 0.29) is 21.7 Å². The smallest absolute Gasteiger partial charge is 0.258 e. The topological polar surface area (TPSA) is 113 Å². The molecule has 3 aliphatic rings. The number of nitrogens with zero attached hydrogens (tertiary/aromatic N) is 2. The van der Waals surface area contributed by atoms with Gasteiger partial charge in [0, 0.05) is 36.9 Å². The van der Waals surface area contributed by atoms with Crippen molar-refractivity contribution in [3.05, 3.63) is 53.6 Å². The number of fused-ring (bicyclic) bond motifs is 1. The molecule has 1 saturated carbocycles. The first-order valence-electron chi connectivity index (χ1n) is 10.9. The van der Waals surface area contributed by atoms with Crippen molar-refractivity contribution in [3.8, 4) is 0 Å². The van der Waals surface area contributed by atoms with E-state index >= 15 is 0 Å². The number of hydrogen-bond acceptors (Lipinski definition) is 6. The number of rotatable bonds is 6. The van der Waals surface area contributed by atoms with E-state index in [0.717, 1.165) is 18.4 Å². The van der Waals surface area contributed by atoms with Crippen LogP contribution in [-0.2, 0) is 31.2 Å². The zero-order chi connectivity index (χ0) is 23.2. The summed E-state index contributed by atoms with van der Waals surface area (Å²) in [6, 6.07) is 10.8. The van der Waals surface area contributed by atoms with Crippen molar-refractivity contribution < 1.29 is 26.4 Å². The molecular formula is C22H25N3O6S2. The van der Waals surface area contributed by atoms with E-state index in [0.29, 0.717) is 50.5 Å². The van der Waals surface area contributed by atoms with Gasteiger partial charge in [-0.05, 0) is 67.3 Å². The highest BCUT2D eigenvalue weighted by atomic mass is 32.2. The van der Waals surface area contributed by atoms with Crippen molar-refractivity contribution in [1.29, 1.82) is 0 Å². The minimum absolute atomic E-state index is 0.00867. The van der Waals surface area contributed by atoms with E-state index in [9.17, 15) is 21.6 Å². The molecular weight excluding hydrogens is 466 g/mol. The van der Waals surface area contributed by atoms with Gasteiger partial charge in [0.1, 0.15) is 0 Å². The molecule has 2 aromatic carbocycles. The van der Waals surface area contributed by atoms with E-state index in [1.807, 2.05) is 0 Å². The molecule has 1 aliphatic carbocycles. The largest absolute Gasteiger partial charge is 0.379 e. The van der Waals surface area contributed by atoms with Crippen LogP contribution in [0.4, 0.5) is 5.69 Å². The van der Waals surface area contributed by atoms with Crippen molar-refractivity contribution in [3.63, 3.8) is 0 Å². The van der Waals surface area contributed by atoms with Gasteiger partial charge in [0.2, 0.25) is 20.0 Å². The number of carbonyl (C=O) groups excluding carboxylic acids is 1. The molecule has 0 bridgehead atoms. The van der Waals surface area contributed by atoms with E-state index in [4.69, 9.17) is 4.74 Å². The third kappa shape index (κ3) is 4.43. The van der Waals surface area contributed by atoms with Crippen molar-refractivity contribution in [2.75, 3.05) is 37.7 Å². The Morgan fingerprint density at radius 3 is 2.24 bits per heavy atom. The van der Waals surface area contributed by atoms with Crippen molar-refractivity contribution >= 4 is 31.6 Å². The zero-order valence-electron chi connectivity index (χ0n) is 17.9. The van der Waals surface area contributed by atoms with Gasteiger partial charge in [0.25, 0.3) is 5.91 Å². The van der Waals surface area contributed by atoms with Crippen LogP contribution >= 0.6 is 0 Å². The van der Waals surface area contributed by atoms with E-state index < -0.39 is 20.0 Å². The second-order valence-corrected chi connectivity index (χ2v) is 12.1. The Balaban J connectivity index is 1.34. The number of benzene rings is 2. The fraction of sp³-hybridized carbons (Fsp3) is 0.409. The standard InChI is InChI=1S/C22H25N3O6S2/c26-22(16-1-5-19(6-2-16)32(27,28)23-18-3-4-18)25-10-9-17-15-20(7-8-21(17)25)33(29,30)24-11-13-31-14-12-24/h1-2,5-8,15,18,23H,3-4,9-14H2. The van der Waals surface area contributed by atoms with Gasteiger partial charge in [-0.3, -0.25) is 4.79 Å². The number of ether oxygens (including phenoxy) is 1. The summed E-state index contributed by atoms with van der Waals surface area (Å²) in [5.41, 5.74) is 1.84. The molecule has 0 radical (unpaired) electrons. The van der Waals surface area contributed by atoms with E-state index in [1.54, 1.807) is 17.0 Å². The lowest BCUT2D eigenvalue weighted by Crippen LogP contribution is -2.40. The van der Waals surface area contributed by atoms with Crippen LogP contribution < -0.4 is 9.62 Å². The predicted molar refractivity (Wildman–Crippen MR) is 121 cm³/mol. The summed E-state index contributed by atoms with van der Waals surface area (Å²) in [6.45, 7) is 1.84. The summed E-state index contributed by atoms with van der Waals surface area (Å²) in [5.74, 6) is -0.253. The average molecular weight is 492 g/mol. The molecule has 2 aliphatic heterocycles. The number of anilines is 1. The normalized spacial score (nSPS) is 19.5. The van der Waals surface area contributed by atoms with Crippen molar-refractivity contribution in [2.24, 2.45) is 0 Å². The molecule has 33 heavy (non-hydrogen) atoms. The van der Waals surface area contributed by atoms with Crippen molar-refractivity contribution in [2.45, 2.75) is 35.1 Å². The minimum atomic E-state index is -3.61. The summed E-state index contributed by atoms with van der Waals surface area (Å²) in [7, 11) is -7.19. The highest BCUT2D eigenvalue weighted by Gasteiger charge is 2.31. The fourth-order valence-electron chi connectivity index (χ4n) is 4.11. The molecule has 2 heterocycles. The number of carbonyl (C=O) groups is 1. The Morgan fingerprint density at radius 1 is 0.909 bits per heavy atom. The summed E-state index contributed by atoms with van der Waals surface area (Å²) in [6.07, 6.45) is 2.24. The maximum absolute atomic E-state index is 13.1. The highest BCUT2D eigenvalue weighted by Crippen LogP contribution is 2.32. The molecule has 0 atom stereocenters. The number of amides is 1. The maximum atomic E-state index is 13.1. The molecule has 2 fully saturated rings. The molecule has 11 heteroatoms. The number of sulfonamides is 2. The monoisotopic (exact) mass is 491 g/mol. The van der Waals surface area contributed by atoms with Gasteiger partial charge in [0.05, 0.1) is 23.0 Å². The second kappa shape index (κ2) is 8.48. The number of nitrogens with one attached hydrogen (secondary N) is 1. The molecule has 1 saturated heterocycles. The number of morpholine rings is 1. The summed E-state index contributed by atoms with van der Waals surface area (Å²) < 4.78 is 59.9. The predicted octanol–water partition coefficient (Wildman–Crippen LogP) is 1.35. The van der Waals surface area contributed by atoms with Gasteiger partial charge in [0.15, 0.2) is 0 Å². The Kier molecular flexibility index (Phi) is 5.78. The van der Waals surface area contributed by atoms with Gasteiger partial charge in [-0.15, -0.1) is 0 Å². The Labute approximate surface area is 193 Å². The Hall–Kier alpha value is -2.31. The van der Waals surface area contributed by atoms with Crippen LogP contribution in [0.5, 0.6) is 0 Å². The van der Waals surface area contributed by atoms with Gasteiger partial charge >= 0.3 is 0 Å². The summed E-state index contributed by atoms with van der Waals surface area (Å²) in [4.78, 5) is 15.1. The fourth-order valence-corrected chi connectivity index (χ4v) is 6.87. The van der Waals surface area contributed by atoms with E-state index in [2.05, 4.69) is 4.72 Å². The minimum Gasteiger partial charge on any atom is -0.379 e. The molecule has 0 spiro atoms.